The third kappa shape index (κ3) is 5.06. The number of oxazole rings is 1. The number of aromatic nitrogens is 4. The number of fused-ring (bicyclic) bond motifs is 1. The lowest BCUT2D eigenvalue weighted by atomic mass is 10.1. The molecule has 3 aromatic heterocycles. The van der Waals surface area contributed by atoms with Gasteiger partial charge < -0.3 is 14.7 Å². The standard InChI is InChI=1S/C24H27N5O2/c1-16-8-9-17-14-18(10-11-19(17)28-16)21-15-27-23(29-21)20(25-2)6-4-3-5-7-22(30)24-26-12-13-31-24/h8-15,20,25H,3-7H2,1-2H3,(H,27,29)/t20-/m0/s1. The highest BCUT2D eigenvalue weighted by atomic mass is 16.3. The highest BCUT2D eigenvalue weighted by Gasteiger charge is 2.15. The summed E-state index contributed by atoms with van der Waals surface area (Å²) in [7, 11) is 1.95. The third-order valence-electron chi connectivity index (χ3n) is 5.48. The smallest absolute Gasteiger partial charge is 0.263 e. The molecule has 0 aliphatic heterocycles. The molecule has 0 saturated carbocycles. The quantitative estimate of drug-likeness (QED) is 0.278. The van der Waals surface area contributed by atoms with Crippen LogP contribution < -0.4 is 5.32 Å². The van der Waals surface area contributed by atoms with E-state index >= 15 is 0 Å². The highest BCUT2D eigenvalue weighted by Crippen LogP contribution is 2.25. The minimum Gasteiger partial charge on any atom is -0.442 e. The number of nitrogens with zero attached hydrogens (tertiary/aromatic N) is 3. The van der Waals surface area contributed by atoms with Crippen molar-refractivity contribution in [3.63, 3.8) is 0 Å². The van der Waals surface area contributed by atoms with Crippen LogP contribution in [0.4, 0.5) is 0 Å². The Hall–Kier alpha value is -3.32. The molecule has 160 valence electrons. The maximum absolute atomic E-state index is 11.9. The molecular formula is C24H27N5O2. The van der Waals surface area contributed by atoms with Gasteiger partial charge in [0.15, 0.2) is 0 Å². The van der Waals surface area contributed by atoms with E-state index in [1.807, 2.05) is 32.3 Å². The normalized spacial score (nSPS) is 12.3. The summed E-state index contributed by atoms with van der Waals surface area (Å²) in [5.74, 6) is 1.10. The summed E-state index contributed by atoms with van der Waals surface area (Å²) in [6, 6.07) is 10.5. The van der Waals surface area contributed by atoms with Gasteiger partial charge in [-0.25, -0.2) is 9.97 Å². The number of pyridine rings is 1. The minimum atomic E-state index is -0.0356. The number of carbonyl (C=O) groups excluding carboxylic acids is 1. The minimum absolute atomic E-state index is 0.0356. The van der Waals surface area contributed by atoms with Crippen molar-refractivity contribution in [1.82, 2.24) is 25.3 Å². The Morgan fingerprint density at radius 2 is 2.06 bits per heavy atom. The van der Waals surface area contributed by atoms with Gasteiger partial charge in [0, 0.05) is 23.1 Å². The molecule has 7 nitrogen and oxygen atoms in total. The van der Waals surface area contributed by atoms with Crippen LogP contribution in [-0.2, 0) is 0 Å². The fourth-order valence-electron chi connectivity index (χ4n) is 3.75. The Labute approximate surface area is 181 Å². The molecule has 0 radical (unpaired) electrons. The summed E-state index contributed by atoms with van der Waals surface area (Å²) in [6.07, 6.45) is 9.01. The van der Waals surface area contributed by atoms with E-state index in [0.29, 0.717) is 6.42 Å². The van der Waals surface area contributed by atoms with E-state index in [-0.39, 0.29) is 17.7 Å². The molecule has 0 bridgehead atoms. The second kappa shape index (κ2) is 9.66. The first-order valence-electron chi connectivity index (χ1n) is 10.7. The molecule has 0 aliphatic carbocycles. The average Bonchev–Trinajstić information content (AvgIpc) is 3.48. The van der Waals surface area contributed by atoms with Gasteiger partial charge in [0.2, 0.25) is 5.78 Å². The van der Waals surface area contributed by atoms with Gasteiger partial charge in [-0.15, -0.1) is 0 Å². The number of Topliss-reactive ketones (excluding diaryl/α,β-unsaturated/α-hetero) is 1. The summed E-state index contributed by atoms with van der Waals surface area (Å²) in [6.45, 7) is 2.00. The van der Waals surface area contributed by atoms with Crippen LogP contribution in [0.2, 0.25) is 0 Å². The van der Waals surface area contributed by atoms with Crippen molar-refractivity contribution < 1.29 is 9.21 Å². The van der Waals surface area contributed by atoms with E-state index in [1.54, 1.807) is 0 Å². The van der Waals surface area contributed by atoms with Gasteiger partial charge in [0.25, 0.3) is 5.89 Å². The zero-order chi connectivity index (χ0) is 21.6. The lowest BCUT2D eigenvalue weighted by Gasteiger charge is -2.13. The summed E-state index contributed by atoms with van der Waals surface area (Å²) in [5.41, 5.74) is 4.10. The largest absolute Gasteiger partial charge is 0.442 e. The average molecular weight is 418 g/mol. The first-order chi connectivity index (χ1) is 15.1. The number of aromatic amines is 1. The number of unbranched alkanes of at least 4 members (excludes halogenated alkanes) is 2. The molecule has 0 saturated heterocycles. The number of hydrogen-bond acceptors (Lipinski definition) is 6. The van der Waals surface area contributed by atoms with E-state index in [2.05, 4.69) is 43.5 Å². The molecule has 2 N–H and O–H groups in total. The van der Waals surface area contributed by atoms with Crippen molar-refractivity contribution in [3.8, 4) is 11.3 Å². The van der Waals surface area contributed by atoms with Crippen molar-refractivity contribution in [2.24, 2.45) is 0 Å². The SMILES string of the molecule is CN[C@@H](CCCCCC(=O)c1ncco1)c1ncc(-c2ccc3nc(C)ccc3c2)[nH]1. The van der Waals surface area contributed by atoms with Gasteiger partial charge in [-0.05, 0) is 45.0 Å². The fraction of sp³-hybridized carbons (Fsp3) is 0.333. The highest BCUT2D eigenvalue weighted by molar-refractivity contribution is 5.91. The van der Waals surface area contributed by atoms with Crippen LogP contribution >= 0.6 is 0 Å². The number of aryl methyl sites for hydroxylation is 1. The van der Waals surface area contributed by atoms with E-state index in [4.69, 9.17) is 4.42 Å². The van der Waals surface area contributed by atoms with Crippen molar-refractivity contribution in [2.45, 2.75) is 45.1 Å². The second-order valence-corrected chi connectivity index (χ2v) is 7.74. The van der Waals surface area contributed by atoms with Gasteiger partial charge in [0.05, 0.1) is 29.6 Å². The number of benzene rings is 1. The molecule has 0 fully saturated rings. The second-order valence-electron chi connectivity index (χ2n) is 7.74. The van der Waals surface area contributed by atoms with Crippen LogP contribution in [0.5, 0.6) is 0 Å². The van der Waals surface area contributed by atoms with Crippen LogP contribution in [0.1, 0.15) is 60.3 Å². The predicted molar refractivity (Wildman–Crippen MR) is 120 cm³/mol. The van der Waals surface area contributed by atoms with Crippen LogP contribution in [0.3, 0.4) is 0 Å². The van der Waals surface area contributed by atoms with Crippen LogP contribution in [-0.4, -0.2) is 32.8 Å². The molecule has 3 heterocycles. The summed E-state index contributed by atoms with van der Waals surface area (Å²) < 4.78 is 5.05. The molecule has 31 heavy (non-hydrogen) atoms. The van der Waals surface area contributed by atoms with E-state index in [1.165, 1.54) is 12.5 Å². The van der Waals surface area contributed by atoms with Crippen LogP contribution in [0.25, 0.3) is 22.2 Å². The van der Waals surface area contributed by atoms with E-state index in [0.717, 1.165) is 59.4 Å². The Morgan fingerprint density at radius 3 is 2.87 bits per heavy atom. The maximum atomic E-state index is 11.9. The zero-order valence-electron chi connectivity index (χ0n) is 17.9. The number of rotatable bonds is 10. The molecule has 1 aromatic carbocycles. The molecule has 0 amide bonds. The molecule has 7 heteroatoms. The number of hydrogen-bond donors (Lipinski definition) is 2. The van der Waals surface area contributed by atoms with Crippen LogP contribution in [0, 0.1) is 6.92 Å². The fourth-order valence-corrected chi connectivity index (χ4v) is 3.75. The Morgan fingerprint density at radius 1 is 1.16 bits per heavy atom. The summed E-state index contributed by atoms with van der Waals surface area (Å²) in [5, 5.41) is 4.46. The molecular weight excluding hydrogens is 390 g/mol. The maximum Gasteiger partial charge on any atom is 0.263 e. The third-order valence-corrected chi connectivity index (χ3v) is 5.48. The summed E-state index contributed by atoms with van der Waals surface area (Å²) in [4.78, 5) is 28.5. The molecule has 4 aromatic rings. The number of H-pyrrole nitrogens is 1. The van der Waals surface area contributed by atoms with Gasteiger partial charge in [-0.3, -0.25) is 9.78 Å². The molecule has 0 spiro atoms. The lowest BCUT2D eigenvalue weighted by molar-refractivity contribution is 0.0945. The lowest BCUT2D eigenvalue weighted by Crippen LogP contribution is -2.17. The number of imidazole rings is 1. The van der Waals surface area contributed by atoms with Gasteiger partial charge >= 0.3 is 0 Å². The summed E-state index contributed by atoms with van der Waals surface area (Å²) >= 11 is 0. The molecule has 0 unspecified atom stereocenters. The van der Waals surface area contributed by atoms with E-state index in [9.17, 15) is 4.79 Å². The van der Waals surface area contributed by atoms with Crippen molar-refractivity contribution in [2.75, 3.05) is 7.05 Å². The topological polar surface area (TPSA) is 96.7 Å². The molecule has 4 rings (SSSR count). The molecule has 0 aliphatic rings. The van der Waals surface area contributed by atoms with Gasteiger partial charge in [-0.1, -0.05) is 25.0 Å². The molecule has 1 atom stereocenters. The van der Waals surface area contributed by atoms with Crippen molar-refractivity contribution in [3.05, 3.63) is 66.4 Å². The predicted octanol–water partition coefficient (Wildman–Crippen LogP) is 5.02. The van der Waals surface area contributed by atoms with E-state index < -0.39 is 0 Å². The first kappa shape index (κ1) is 20.9. The Bertz CT molecular complexity index is 1150. The van der Waals surface area contributed by atoms with Gasteiger partial charge in [0.1, 0.15) is 12.1 Å². The monoisotopic (exact) mass is 417 g/mol. The first-order valence-corrected chi connectivity index (χ1v) is 10.7. The number of carbonyl (C=O) groups is 1. The number of ketones is 1. The van der Waals surface area contributed by atoms with Crippen molar-refractivity contribution >= 4 is 16.7 Å². The number of nitrogens with one attached hydrogen (secondary N) is 2. The Balaban J connectivity index is 1.32. The zero-order valence-corrected chi connectivity index (χ0v) is 17.9. The van der Waals surface area contributed by atoms with Crippen LogP contribution in [0.15, 0.2) is 53.4 Å². The van der Waals surface area contributed by atoms with Gasteiger partial charge in [-0.2, -0.15) is 0 Å². The Kier molecular flexibility index (Phi) is 6.52. The van der Waals surface area contributed by atoms with Crippen molar-refractivity contribution in [1.29, 1.82) is 0 Å².